The van der Waals surface area contributed by atoms with Crippen LogP contribution in [0.15, 0.2) is 30.3 Å². The van der Waals surface area contributed by atoms with Crippen LogP contribution in [0.2, 0.25) is 0 Å². The third kappa shape index (κ3) is 8.23. The molecule has 102 valence electrons. The van der Waals surface area contributed by atoms with Gasteiger partial charge in [-0.25, -0.2) is 0 Å². The monoisotopic (exact) mass is 252 g/mol. The molecule has 0 N–H and O–H groups in total. The smallest absolute Gasteiger partial charge is 0.0716 e. The SMILES string of the molecule is COCCCCOCCCOCc1ccccc1. The van der Waals surface area contributed by atoms with E-state index in [1.165, 1.54) is 5.56 Å². The number of hydrogen-bond acceptors (Lipinski definition) is 3. The molecular formula is C15H24O3. The van der Waals surface area contributed by atoms with Crippen molar-refractivity contribution in [2.45, 2.75) is 25.9 Å². The van der Waals surface area contributed by atoms with Gasteiger partial charge in [0.15, 0.2) is 0 Å². The van der Waals surface area contributed by atoms with Gasteiger partial charge in [0.1, 0.15) is 0 Å². The van der Waals surface area contributed by atoms with Gasteiger partial charge in [-0.1, -0.05) is 30.3 Å². The lowest BCUT2D eigenvalue weighted by atomic mass is 10.2. The summed E-state index contributed by atoms with van der Waals surface area (Å²) in [6.07, 6.45) is 3.09. The van der Waals surface area contributed by atoms with Crippen LogP contribution in [0.4, 0.5) is 0 Å². The number of rotatable bonds is 11. The molecule has 18 heavy (non-hydrogen) atoms. The fraction of sp³-hybridized carbons (Fsp3) is 0.600. The Morgan fingerprint density at radius 1 is 0.778 bits per heavy atom. The Balaban J connectivity index is 1.82. The molecule has 0 aliphatic heterocycles. The third-order valence-electron chi connectivity index (χ3n) is 2.58. The maximum absolute atomic E-state index is 5.56. The zero-order chi connectivity index (χ0) is 12.9. The van der Waals surface area contributed by atoms with Crippen LogP contribution in [0, 0.1) is 0 Å². The summed E-state index contributed by atoms with van der Waals surface area (Å²) in [6, 6.07) is 10.2. The molecule has 0 aromatic heterocycles. The fourth-order valence-electron chi connectivity index (χ4n) is 1.58. The molecule has 0 atom stereocenters. The number of methoxy groups -OCH3 is 1. The highest BCUT2D eigenvalue weighted by Crippen LogP contribution is 2.00. The van der Waals surface area contributed by atoms with E-state index >= 15 is 0 Å². The molecule has 0 spiro atoms. The van der Waals surface area contributed by atoms with E-state index in [9.17, 15) is 0 Å². The molecule has 3 nitrogen and oxygen atoms in total. The quantitative estimate of drug-likeness (QED) is 0.567. The lowest BCUT2D eigenvalue weighted by Gasteiger charge is -2.05. The van der Waals surface area contributed by atoms with Crippen molar-refractivity contribution in [1.29, 1.82) is 0 Å². The molecule has 0 unspecified atom stereocenters. The minimum Gasteiger partial charge on any atom is -0.385 e. The molecule has 0 saturated carbocycles. The van der Waals surface area contributed by atoms with E-state index in [1.54, 1.807) is 7.11 Å². The molecule has 1 aromatic carbocycles. The van der Waals surface area contributed by atoms with Crippen molar-refractivity contribution in [3.8, 4) is 0 Å². The van der Waals surface area contributed by atoms with Crippen molar-refractivity contribution in [2.24, 2.45) is 0 Å². The zero-order valence-corrected chi connectivity index (χ0v) is 11.3. The van der Waals surface area contributed by atoms with Crippen molar-refractivity contribution in [1.82, 2.24) is 0 Å². The molecule has 0 amide bonds. The van der Waals surface area contributed by atoms with Crippen LogP contribution in [0.3, 0.4) is 0 Å². The number of hydrogen-bond donors (Lipinski definition) is 0. The molecule has 0 bridgehead atoms. The van der Waals surface area contributed by atoms with Gasteiger partial charge in [-0.3, -0.25) is 0 Å². The van der Waals surface area contributed by atoms with Gasteiger partial charge in [0.2, 0.25) is 0 Å². The molecule has 0 aliphatic rings. The second-order valence-electron chi connectivity index (χ2n) is 4.20. The third-order valence-corrected chi connectivity index (χ3v) is 2.58. The van der Waals surface area contributed by atoms with Crippen molar-refractivity contribution in [3.05, 3.63) is 35.9 Å². The van der Waals surface area contributed by atoms with Gasteiger partial charge in [0.05, 0.1) is 6.61 Å². The first-order chi connectivity index (χ1) is 8.93. The second kappa shape index (κ2) is 11.2. The molecule has 0 radical (unpaired) electrons. The molecule has 0 fully saturated rings. The van der Waals surface area contributed by atoms with Crippen molar-refractivity contribution >= 4 is 0 Å². The summed E-state index contributed by atoms with van der Waals surface area (Å²) in [5, 5.41) is 0. The van der Waals surface area contributed by atoms with Crippen LogP contribution in [0.25, 0.3) is 0 Å². The van der Waals surface area contributed by atoms with Crippen molar-refractivity contribution < 1.29 is 14.2 Å². The van der Waals surface area contributed by atoms with E-state index in [2.05, 4.69) is 12.1 Å². The summed E-state index contributed by atoms with van der Waals surface area (Å²) in [5.74, 6) is 0. The van der Waals surface area contributed by atoms with Crippen LogP contribution < -0.4 is 0 Å². The van der Waals surface area contributed by atoms with Crippen molar-refractivity contribution in [3.63, 3.8) is 0 Å². The van der Waals surface area contributed by atoms with Gasteiger partial charge in [0, 0.05) is 33.5 Å². The summed E-state index contributed by atoms with van der Waals surface area (Å²) in [4.78, 5) is 0. The van der Waals surface area contributed by atoms with E-state index in [4.69, 9.17) is 14.2 Å². The van der Waals surface area contributed by atoms with Crippen LogP contribution in [-0.2, 0) is 20.8 Å². The summed E-state index contributed by atoms with van der Waals surface area (Å²) in [7, 11) is 1.73. The molecular weight excluding hydrogens is 228 g/mol. The highest BCUT2D eigenvalue weighted by Gasteiger charge is 1.93. The Morgan fingerprint density at radius 3 is 2.22 bits per heavy atom. The average Bonchev–Trinajstić information content (AvgIpc) is 2.42. The maximum atomic E-state index is 5.56. The number of benzene rings is 1. The lowest BCUT2D eigenvalue weighted by molar-refractivity contribution is 0.0720. The summed E-state index contributed by atoms with van der Waals surface area (Å²) in [6.45, 7) is 3.87. The predicted octanol–water partition coefficient (Wildman–Crippen LogP) is 3.04. The highest BCUT2D eigenvalue weighted by atomic mass is 16.5. The minimum atomic E-state index is 0.689. The maximum Gasteiger partial charge on any atom is 0.0716 e. The standard InChI is InChI=1S/C15H24O3/c1-16-10-5-6-11-17-12-7-13-18-14-15-8-3-2-4-9-15/h2-4,8-9H,5-7,10-14H2,1H3. The minimum absolute atomic E-state index is 0.689. The van der Waals surface area contributed by atoms with E-state index in [-0.39, 0.29) is 0 Å². The van der Waals surface area contributed by atoms with Crippen LogP contribution >= 0.6 is 0 Å². The Bertz CT molecular complexity index is 274. The molecule has 0 heterocycles. The normalized spacial score (nSPS) is 10.7. The topological polar surface area (TPSA) is 27.7 Å². The van der Waals surface area contributed by atoms with Gasteiger partial charge in [-0.2, -0.15) is 0 Å². The van der Waals surface area contributed by atoms with Gasteiger partial charge >= 0.3 is 0 Å². The summed E-state index contributed by atoms with van der Waals surface area (Å²) >= 11 is 0. The number of unbranched alkanes of at least 4 members (excludes halogenated alkanes) is 1. The predicted molar refractivity (Wildman–Crippen MR) is 72.6 cm³/mol. The zero-order valence-electron chi connectivity index (χ0n) is 11.3. The summed E-state index contributed by atoms with van der Waals surface area (Å²) < 4.78 is 16.0. The second-order valence-corrected chi connectivity index (χ2v) is 4.20. The Morgan fingerprint density at radius 2 is 1.44 bits per heavy atom. The molecule has 1 rings (SSSR count). The first-order valence-electron chi connectivity index (χ1n) is 6.62. The molecule has 3 heteroatoms. The summed E-state index contributed by atoms with van der Waals surface area (Å²) in [5.41, 5.74) is 1.22. The Hall–Kier alpha value is -0.900. The Labute approximate surface area is 110 Å². The van der Waals surface area contributed by atoms with Crippen LogP contribution in [-0.4, -0.2) is 33.5 Å². The van der Waals surface area contributed by atoms with Gasteiger partial charge in [-0.05, 0) is 24.8 Å². The molecule has 0 aliphatic carbocycles. The fourth-order valence-corrected chi connectivity index (χ4v) is 1.58. The van der Waals surface area contributed by atoms with E-state index < -0.39 is 0 Å². The Kier molecular flexibility index (Phi) is 9.44. The van der Waals surface area contributed by atoms with E-state index in [1.807, 2.05) is 18.2 Å². The highest BCUT2D eigenvalue weighted by molar-refractivity contribution is 5.13. The first kappa shape index (κ1) is 15.2. The van der Waals surface area contributed by atoms with E-state index in [0.717, 1.165) is 45.7 Å². The first-order valence-corrected chi connectivity index (χ1v) is 6.62. The van der Waals surface area contributed by atoms with Crippen LogP contribution in [0.1, 0.15) is 24.8 Å². The molecule has 0 saturated heterocycles. The van der Waals surface area contributed by atoms with Gasteiger partial charge in [0.25, 0.3) is 0 Å². The van der Waals surface area contributed by atoms with Crippen LogP contribution in [0.5, 0.6) is 0 Å². The number of ether oxygens (including phenoxy) is 3. The molecule has 1 aromatic rings. The lowest BCUT2D eigenvalue weighted by Crippen LogP contribution is -2.03. The van der Waals surface area contributed by atoms with Gasteiger partial charge < -0.3 is 14.2 Å². The average molecular weight is 252 g/mol. The largest absolute Gasteiger partial charge is 0.385 e. The van der Waals surface area contributed by atoms with Gasteiger partial charge in [-0.15, -0.1) is 0 Å². The van der Waals surface area contributed by atoms with E-state index in [0.29, 0.717) is 6.61 Å². The van der Waals surface area contributed by atoms with Crippen molar-refractivity contribution in [2.75, 3.05) is 33.5 Å².